The van der Waals surface area contributed by atoms with Gasteiger partial charge in [-0.1, -0.05) is 0 Å². The standard InChI is InChI=1S/C18H23N3O6/c1-11(17(23)19-5-6-25-2)20-18(24)12-7-16(22)21(9-12)13-3-4-14-15(8-13)27-10-26-14/h3-4,8,11-12H,5-7,9-10H2,1-2H3,(H,19,23)(H,20,24). The lowest BCUT2D eigenvalue weighted by molar-refractivity contribution is -0.131. The summed E-state index contributed by atoms with van der Waals surface area (Å²) in [4.78, 5) is 38.3. The first-order chi connectivity index (χ1) is 13.0. The van der Waals surface area contributed by atoms with Gasteiger partial charge >= 0.3 is 0 Å². The van der Waals surface area contributed by atoms with E-state index in [4.69, 9.17) is 14.2 Å². The van der Waals surface area contributed by atoms with Crippen LogP contribution < -0.4 is 25.0 Å². The minimum Gasteiger partial charge on any atom is -0.454 e. The van der Waals surface area contributed by atoms with E-state index in [0.717, 1.165) is 0 Å². The van der Waals surface area contributed by atoms with Crippen LogP contribution in [0.15, 0.2) is 18.2 Å². The topological polar surface area (TPSA) is 106 Å². The summed E-state index contributed by atoms with van der Waals surface area (Å²) < 4.78 is 15.5. The zero-order chi connectivity index (χ0) is 19.4. The number of nitrogens with one attached hydrogen (secondary N) is 2. The van der Waals surface area contributed by atoms with Crippen LogP contribution in [0.2, 0.25) is 0 Å². The maximum atomic E-state index is 12.5. The molecule has 2 aliphatic heterocycles. The third-order valence-corrected chi connectivity index (χ3v) is 4.52. The summed E-state index contributed by atoms with van der Waals surface area (Å²) >= 11 is 0. The second kappa shape index (κ2) is 8.26. The molecule has 3 rings (SSSR count). The molecule has 2 N–H and O–H groups in total. The summed E-state index contributed by atoms with van der Waals surface area (Å²) in [5.74, 6) is -0.0655. The summed E-state index contributed by atoms with van der Waals surface area (Å²) in [6, 6.07) is 4.54. The van der Waals surface area contributed by atoms with E-state index >= 15 is 0 Å². The van der Waals surface area contributed by atoms with Gasteiger partial charge < -0.3 is 29.7 Å². The van der Waals surface area contributed by atoms with E-state index in [9.17, 15) is 14.4 Å². The first kappa shape index (κ1) is 19.0. The van der Waals surface area contributed by atoms with Gasteiger partial charge in [0, 0.05) is 38.4 Å². The number of benzene rings is 1. The van der Waals surface area contributed by atoms with Crippen LogP contribution in [0.3, 0.4) is 0 Å². The molecule has 3 amide bonds. The number of fused-ring (bicyclic) bond motifs is 1. The molecule has 1 fully saturated rings. The highest BCUT2D eigenvalue weighted by atomic mass is 16.7. The van der Waals surface area contributed by atoms with Crippen LogP contribution >= 0.6 is 0 Å². The normalized spacial score (nSPS) is 19.1. The number of nitrogens with zero attached hydrogens (tertiary/aromatic N) is 1. The van der Waals surface area contributed by atoms with Crippen molar-refractivity contribution in [3.63, 3.8) is 0 Å². The minimum absolute atomic E-state index is 0.0955. The van der Waals surface area contributed by atoms with Crippen molar-refractivity contribution in [2.24, 2.45) is 5.92 Å². The Morgan fingerprint density at radius 3 is 2.89 bits per heavy atom. The maximum Gasteiger partial charge on any atom is 0.242 e. The zero-order valence-corrected chi connectivity index (χ0v) is 15.3. The third-order valence-electron chi connectivity index (χ3n) is 4.52. The number of carbonyl (C=O) groups excluding carboxylic acids is 3. The van der Waals surface area contributed by atoms with Gasteiger partial charge in [0.05, 0.1) is 12.5 Å². The number of anilines is 1. The summed E-state index contributed by atoms with van der Waals surface area (Å²) in [6.45, 7) is 2.78. The third kappa shape index (κ3) is 4.30. The smallest absolute Gasteiger partial charge is 0.242 e. The fourth-order valence-electron chi connectivity index (χ4n) is 3.01. The number of methoxy groups -OCH3 is 1. The monoisotopic (exact) mass is 377 g/mol. The predicted octanol–water partition coefficient (Wildman–Crippen LogP) is 0.0355. The van der Waals surface area contributed by atoms with Gasteiger partial charge in [-0.3, -0.25) is 14.4 Å². The van der Waals surface area contributed by atoms with Crippen molar-refractivity contribution in [3.05, 3.63) is 18.2 Å². The van der Waals surface area contributed by atoms with Gasteiger partial charge in [-0.25, -0.2) is 0 Å². The van der Waals surface area contributed by atoms with Gasteiger partial charge in [-0.05, 0) is 19.1 Å². The average Bonchev–Trinajstić information content (AvgIpc) is 3.27. The molecule has 1 aromatic carbocycles. The first-order valence-electron chi connectivity index (χ1n) is 8.76. The molecule has 2 aliphatic rings. The Kier molecular flexibility index (Phi) is 5.80. The minimum atomic E-state index is -0.691. The van der Waals surface area contributed by atoms with Gasteiger partial charge in [-0.15, -0.1) is 0 Å². The molecule has 146 valence electrons. The summed E-state index contributed by atoms with van der Waals surface area (Å²) in [6.07, 6.45) is 0.0955. The number of carbonyl (C=O) groups is 3. The van der Waals surface area contributed by atoms with Crippen LogP contribution in [0, 0.1) is 5.92 Å². The Balaban J connectivity index is 1.56. The van der Waals surface area contributed by atoms with Crippen molar-refractivity contribution in [2.45, 2.75) is 19.4 Å². The highest BCUT2D eigenvalue weighted by Crippen LogP contribution is 2.37. The molecule has 9 heteroatoms. The molecule has 2 atom stereocenters. The average molecular weight is 377 g/mol. The lowest BCUT2D eigenvalue weighted by atomic mass is 10.1. The summed E-state index contributed by atoms with van der Waals surface area (Å²) in [7, 11) is 1.54. The van der Waals surface area contributed by atoms with Crippen molar-refractivity contribution in [1.29, 1.82) is 0 Å². The van der Waals surface area contributed by atoms with E-state index in [2.05, 4.69) is 10.6 Å². The van der Waals surface area contributed by atoms with Gasteiger partial charge in [0.15, 0.2) is 11.5 Å². The lowest BCUT2D eigenvalue weighted by Crippen LogP contribution is -2.47. The van der Waals surface area contributed by atoms with E-state index in [-0.39, 0.29) is 37.5 Å². The molecule has 0 bridgehead atoms. The number of hydrogen-bond acceptors (Lipinski definition) is 6. The molecule has 2 unspecified atom stereocenters. The lowest BCUT2D eigenvalue weighted by Gasteiger charge is -2.18. The van der Waals surface area contributed by atoms with Crippen LogP contribution in [0.1, 0.15) is 13.3 Å². The Hall–Kier alpha value is -2.81. The first-order valence-corrected chi connectivity index (χ1v) is 8.76. The van der Waals surface area contributed by atoms with Gasteiger partial charge in [0.1, 0.15) is 6.04 Å². The van der Waals surface area contributed by atoms with Crippen LogP contribution in [0.25, 0.3) is 0 Å². The highest BCUT2D eigenvalue weighted by Gasteiger charge is 2.36. The fourth-order valence-corrected chi connectivity index (χ4v) is 3.01. The quantitative estimate of drug-likeness (QED) is 0.650. The zero-order valence-electron chi connectivity index (χ0n) is 15.3. The predicted molar refractivity (Wildman–Crippen MR) is 95.5 cm³/mol. The number of ether oxygens (including phenoxy) is 3. The van der Waals surface area contributed by atoms with Gasteiger partial charge in [-0.2, -0.15) is 0 Å². The van der Waals surface area contributed by atoms with Crippen molar-refractivity contribution >= 4 is 23.4 Å². The SMILES string of the molecule is COCCNC(=O)C(C)NC(=O)C1CC(=O)N(c2ccc3c(c2)OCO3)C1. The molecule has 9 nitrogen and oxygen atoms in total. The molecule has 1 saturated heterocycles. The Morgan fingerprint density at radius 2 is 2.11 bits per heavy atom. The number of amides is 3. The fraction of sp³-hybridized carbons (Fsp3) is 0.500. The van der Waals surface area contributed by atoms with E-state index in [1.165, 1.54) is 0 Å². The van der Waals surface area contributed by atoms with Crippen molar-refractivity contribution in [3.8, 4) is 11.5 Å². The molecule has 0 aliphatic carbocycles. The molecule has 27 heavy (non-hydrogen) atoms. The molecule has 1 aromatic rings. The molecular formula is C18H23N3O6. The van der Waals surface area contributed by atoms with Crippen LogP contribution in [0.5, 0.6) is 11.5 Å². The molecule has 2 heterocycles. The van der Waals surface area contributed by atoms with Crippen molar-refractivity contribution in [1.82, 2.24) is 10.6 Å². The molecule has 0 radical (unpaired) electrons. The Morgan fingerprint density at radius 1 is 1.33 bits per heavy atom. The van der Waals surface area contributed by atoms with E-state index in [1.54, 1.807) is 37.1 Å². The molecule has 0 aromatic heterocycles. The Bertz CT molecular complexity index is 738. The van der Waals surface area contributed by atoms with Crippen molar-refractivity contribution in [2.75, 3.05) is 38.5 Å². The van der Waals surface area contributed by atoms with Gasteiger partial charge in [0.2, 0.25) is 24.5 Å². The van der Waals surface area contributed by atoms with E-state index in [1.807, 2.05) is 0 Å². The van der Waals surface area contributed by atoms with E-state index in [0.29, 0.717) is 30.3 Å². The highest BCUT2D eigenvalue weighted by molar-refractivity contribution is 6.01. The molecule has 0 saturated carbocycles. The van der Waals surface area contributed by atoms with Crippen molar-refractivity contribution < 1.29 is 28.6 Å². The molecule has 0 spiro atoms. The Labute approximate surface area is 156 Å². The van der Waals surface area contributed by atoms with Gasteiger partial charge in [0.25, 0.3) is 0 Å². The van der Waals surface area contributed by atoms with E-state index < -0.39 is 12.0 Å². The number of hydrogen-bond donors (Lipinski definition) is 2. The van der Waals surface area contributed by atoms with Crippen LogP contribution in [-0.4, -0.2) is 57.4 Å². The molecular weight excluding hydrogens is 354 g/mol. The summed E-state index contributed by atoms with van der Waals surface area (Å²) in [5.41, 5.74) is 0.657. The maximum absolute atomic E-state index is 12.5. The largest absolute Gasteiger partial charge is 0.454 e. The second-order valence-corrected chi connectivity index (χ2v) is 6.46. The number of rotatable bonds is 7. The second-order valence-electron chi connectivity index (χ2n) is 6.46. The van der Waals surface area contributed by atoms with Crippen LogP contribution in [-0.2, 0) is 19.1 Å². The van der Waals surface area contributed by atoms with Crippen LogP contribution in [0.4, 0.5) is 5.69 Å². The summed E-state index contributed by atoms with van der Waals surface area (Å²) in [5, 5.41) is 5.33.